The molecular weight excluding hydrogens is 263 g/mol. The van der Waals surface area contributed by atoms with E-state index in [0.717, 1.165) is 12.1 Å². The van der Waals surface area contributed by atoms with E-state index < -0.39 is 0 Å². The third kappa shape index (κ3) is 3.30. The van der Waals surface area contributed by atoms with Gasteiger partial charge in [0.25, 0.3) is 0 Å². The molecule has 1 saturated heterocycles. The van der Waals surface area contributed by atoms with Crippen molar-refractivity contribution in [2.75, 3.05) is 26.4 Å². The predicted octanol–water partition coefficient (Wildman–Crippen LogP) is 1.58. The van der Waals surface area contributed by atoms with Gasteiger partial charge in [0, 0.05) is 29.9 Å². The minimum absolute atomic E-state index is 0.0236. The quantitative estimate of drug-likeness (QED) is 0.852. The second kappa shape index (κ2) is 5.98. The maximum absolute atomic E-state index is 9.26. The summed E-state index contributed by atoms with van der Waals surface area (Å²) in [6.07, 6.45) is 1.68. The second-order valence-corrected chi connectivity index (χ2v) is 4.77. The number of pyridine rings is 1. The van der Waals surface area contributed by atoms with Gasteiger partial charge in [-0.15, -0.1) is 0 Å². The minimum Gasteiger partial charge on any atom is -0.395 e. The number of morpholine rings is 1. The molecule has 4 nitrogen and oxygen atoms in total. The number of nitrogens with zero attached hydrogens (tertiary/aromatic N) is 2. The molecule has 1 unspecified atom stereocenters. The lowest BCUT2D eigenvalue weighted by Crippen LogP contribution is -2.46. The molecule has 94 valence electrons. The Labute approximate surface area is 110 Å². The first-order valence-electron chi connectivity index (χ1n) is 5.43. The van der Waals surface area contributed by atoms with Gasteiger partial charge >= 0.3 is 0 Å². The van der Waals surface area contributed by atoms with Gasteiger partial charge in [-0.1, -0.05) is 23.2 Å². The fraction of sp³-hybridized carbons (Fsp3) is 0.545. The van der Waals surface area contributed by atoms with E-state index in [1.165, 1.54) is 0 Å². The van der Waals surface area contributed by atoms with Crippen LogP contribution in [0.15, 0.2) is 12.3 Å². The smallest absolute Gasteiger partial charge is 0.130 e. The Morgan fingerprint density at radius 2 is 2.35 bits per heavy atom. The number of hydrogen-bond acceptors (Lipinski definition) is 4. The molecule has 17 heavy (non-hydrogen) atoms. The van der Waals surface area contributed by atoms with Gasteiger partial charge in [0.05, 0.1) is 25.9 Å². The lowest BCUT2D eigenvalue weighted by molar-refractivity contribution is -0.0312. The van der Waals surface area contributed by atoms with Crippen LogP contribution in [0.5, 0.6) is 0 Å². The zero-order valence-corrected chi connectivity index (χ0v) is 10.8. The fourth-order valence-corrected chi connectivity index (χ4v) is 2.26. The Morgan fingerprint density at radius 3 is 3.06 bits per heavy atom. The minimum atomic E-state index is 0.0236. The van der Waals surface area contributed by atoms with Crippen LogP contribution in [-0.2, 0) is 11.3 Å². The van der Waals surface area contributed by atoms with Gasteiger partial charge in [0.15, 0.2) is 0 Å². The van der Waals surface area contributed by atoms with Crippen molar-refractivity contribution in [1.82, 2.24) is 9.88 Å². The van der Waals surface area contributed by atoms with Crippen LogP contribution in [0, 0.1) is 0 Å². The number of hydrogen-bond donors (Lipinski definition) is 1. The molecule has 6 heteroatoms. The van der Waals surface area contributed by atoms with Crippen molar-refractivity contribution < 1.29 is 9.84 Å². The molecule has 1 aliphatic heterocycles. The lowest BCUT2D eigenvalue weighted by Gasteiger charge is -2.34. The van der Waals surface area contributed by atoms with E-state index in [0.29, 0.717) is 29.9 Å². The Balaban J connectivity index is 2.08. The molecule has 0 spiro atoms. The van der Waals surface area contributed by atoms with Crippen LogP contribution in [-0.4, -0.2) is 47.4 Å². The summed E-state index contributed by atoms with van der Waals surface area (Å²) < 4.78 is 5.32. The molecule has 1 atom stereocenters. The number of aromatic nitrogens is 1. The first-order chi connectivity index (χ1) is 8.20. The van der Waals surface area contributed by atoms with Crippen LogP contribution in [0.4, 0.5) is 0 Å². The number of ether oxygens (including phenoxy) is 1. The lowest BCUT2D eigenvalue weighted by atomic mass is 10.2. The molecule has 1 aliphatic rings. The summed E-state index contributed by atoms with van der Waals surface area (Å²) in [5, 5.41) is 10.3. The summed E-state index contributed by atoms with van der Waals surface area (Å²) in [7, 11) is 0. The van der Waals surface area contributed by atoms with Crippen LogP contribution < -0.4 is 0 Å². The maximum Gasteiger partial charge on any atom is 0.130 e. The standard InChI is InChI=1S/C11H14Cl2N2O2/c12-10-3-11(13)14-4-8(10)5-15-1-2-17-7-9(15)6-16/h3-4,9,16H,1-2,5-7H2. The van der Waals surface area contributed by atoms with Crippen molar-refractivity contribution in [1.29, 1.82) is 0 Å². The Morgan fingerprint density at radius 1 is 1.53 bits per heavy atom. The fourth-order valence-electron chi connectivity index (χ4n) is 1.84. The normalized spacial score (nSPS) is 21.7. The molecule has 0 aliphatic carbocycles. The molecule has 0 bridgehead atoms. The van der Waals surface area contributed by atoms with Gasteiger partial charge in [0.1, 0.15) is 5.15 Å². The number of rotatable bonds is 3. The summed E-state index contributed by atoms with van der Waals surface area (Å²) >= 11 is 11.8. The van der Waals surface area contributed by atoms with Gasteiger partial charge in [-0.3, -0.25) is 4.90 Å². The largest absolute Gasteiger partial charge is 0.395 e. The SMILES string of the molecule is OCC1COCCN1Cc1cnc(Cl)cc1Cl. The molecule has 0 radical (unpaired) electrons. The molecule has 1 aromatic rings. The highest BCUT2D eigenvalue weighted by Gasteiger charge is 2.22. The van der Waals surface area contributed by atoms with E-state index >= 15 is 0 Å². The molecule has 0 amide bonds. The highest BCUT2D eigenvalue weighted by molar-refractivity contribution is 6.34. The topological polar surface area (TPSA) is 45.6 Å². The number of halogens is 2. The van der Waals surface area contributed by atoms with Crippen molar-refractivity contribution in [3.63, 3.8) is 0 Å². The van der Waals surface area contributed by atoms with E-state index in [4.69, 9.17) is 27.9 Å². The van der Waals surface area contributed by atoms with Crippen LogP contribution in [0.1, 0.15) is 5.56 Å². The average molecular weight is 277 g/mol. The van der Waals surface area contributed by atoms with Crippen molar-refractivity contribution in [3.05, 3.63) is 28.0 Å². The van der Waals surface area contributed by atoms with Gasteiger partial charge in [-0.25, -0.2) is 4.98 Å². The summed E-state index contributed by atoms with van der Waals surface area (Å²) in [5.74, 6) is 0. The van der Waals surface area contributed by atoms with Crippen molar-refractivity contribution in [2.45, 2.75) is 12.6 Å². The van der Waals surface area contributed by atoms with Crippen molar-refractivity contribution in [2.24, 2.45) is 0 Å². The molecule has 1 N–H and O–H groups in total. The number of aliphatic hydroxyl groups is 1. The first-order valence-corrected chi connectivity index (χ1v) is 6.19. The van der Waals surface area contributed by atoms with Crippen LogP contribution in [0.25, 0.3) is 0 Å². The van der Waals surface area contributed by atoms with Gasteiger partial charge < -0.3 is 9.84 Å². The van der Waals surface area contributed by atoms with Crippen molar-refractivity contribution >= 4 is 23.2 Å². The summed E-state index contributed by atoms with van der Waals surface area (Å²) in [6.45, 7) is 2.74. The zero-order valence-electron chi connectivity index (χ0n) is 9.27. The summed E-state index contributed by atoms with van der Waals surface area (Å²) in [5.41, 5.74) is 0.913. The number of aliphatic hydroxyl groups excluding tert-OH is 1. The first kappa shape index (κ1) is 13.1. The monoisotopic (exact) mass is 276 g/mol. The van der Waals surface area contributed by atoms with E-state index in [1.54, 1.807) is 12.3 Å². The third-order valence-electron chi connectivity index (χ3n) is 2.83. The molecule has 2 rings (SSSR count). The Kier molecular flexibility index (Phi) is 4.59. The molecule has 2 heterocycles. The second-order valence-electron chi connectivity index (χ2n) is 3.98. The average Bonchev–Trinajstić information content (AvgIpc) is 2.33. The Bertz CT molecular complexity index is 390. The highest BCUT2D eigenvalue weighted by Crippen LogP contribution is 2.21. The zero-order chi connectivity index (χ0) is 12.3. The predicted molar refractivity (Wildman–Crippen MR) is 66.4 cm³/mol. The van der Waals surface area contributed by atoms with E-state index in [1.807, 2.05) is 0 Å². The van der Waals surface area contributed by atoms with E-state index in [-0.39, 0.29) is 12.6 Å². The van der Waals surface area contributed by atoms with Gasteiger partial charge in [-0.05, 0) is 6.07 Å². The molecule has 0 aromatic carbocycles. The van der Waals surface area contributed by atoms with Gasteiger partial charge in [-0.2, -0.15) is 0 Å². The van der Waals surface area contributed by atoms with Crippen molar-refractivity contribution in [3.8, 4) is 0 Å². The molecular formula is C11H14Cl2N2O2. The van der Waals surface area contributed by atoms with E-state index in [2.05, 4.69) is 9.88 Å². The van der Waals surface area contributed by atoms with Crippen LogP contribution >= 0.6 is 23.2 Å². The van der Waals surface area contributed by atoms with Crippen LogP contribution in [0.2, 0.25) is 10.2 Å². The molecule has 1 fully saturated rings. The highest BCUT2D eigenvalue weighted by atomic mass is 35.5. The maximum atomic E-state index is 9.26. The third-order valence-corrected chi connectivity index (χ3v) is 3.39. The molecule has 0 saturated carbocycles. The summed E-state index contributed by atoms with van der Waals surface area (Å²) in [6, 6.07) is 1.66. The van der Waals surface area contributed by atoms with Crippen LogP contribution in [0.3, 0.4) is 0 Å². The van der Waals surface area contributed by atoms with Gasteiger partial charge in [0.2, 0.25) is 0 Å². The van der Waals surface area contributed by atoms with E-state index in [9.17, 15) is 5.11 Å². The Hall–Kier alpha value is -0.390. The molecule has 1 aromatic heterocycles. The summed E-state index contributed by atoms with van der Waals surface area (Å²) in [4.78, 5) is 6.16.